The van der Waals surface area contributed by atoms with Gasteiger partial charge in [0.25, 0.3) is 5.91 Å². The van der Waals surface area contributed by atoms with Crippen molar-refractivity contribution < 1.29 is 9.59 Å². The predicted molar refractivity (Wildman–Crippen MR) is 100 cm³/mol. The van der Waals surface area contributed by atoms with Crippen molar-refractivity contribution in [3.05, 3.63) is 22.9 Å². The molecule has 1 aromatic rings. The smallest absolute Gasteiger partial charge is 0.322 e. The van der Waals surface area contributed by atoms with Gasteiger partial charge in [-0.1, -0.05) is 6.92 Å². The van der Waals surface area contributed by atoms with Crippen molar-refractivity contribution >= 4 is 17.8 Å². The van der Waals surface area contributed by atoms with Crippen LogP contribution in [0.15, 0.2) is 6.07 Å². The van der Waals surface area contributed by atoms with Crippen LogP contribution in [0.3, 0.4) is 0 Å². The lowest BCUT2D eigenvalue weighted by molar-refractivity contribution is -0.126. The number of aryl methyl sites for hydroxylation is 2. The Morgan fingerprint density at radius 1 is 1.30 bits per heavy atom. The van der Waals surface area contributed by atoms with E-state index in [0.29, 0.717) is 12.0 Å². The Bertz CT molecular complexity index is 822. The van der Waals surface area contributed by atoms with Crippen molar-refractivity contribution in [2.45, 2.75) is 57.4 Å². The van der Waals surface area contributed by atoms with Gasteiger partial charge in [-0.25, -0.2) is 9.78 Å². The molecule has 1 aromatic heterocycles. The number of nitrogens with zero attached hydrogens (tertiary/aromatic N) is 3. The molecule has 3 aliphatic rings. The summed E-state index contributed by atoms with van der Waals surface area (Å²) in [7, 11) is 0. The Morgan fingerprint density at radius 2 is 2.04 bits per heavy atom. The van der Waals surface area contributed by atoms with E-state index in [2.05, 4.69) is 21.6 Å². The van der Waals surface area contributed by atoms with Gasteiger partial charge in [0.05, 0.1) is 5.56 Å². The van der Waals surface area contributed by atoms with Crippen molar-refractivity contribution in [3.63, 3.8) is 0 Å². The van der Waals surface area contributed by atoms with Crippen LogP contribution in [0.5, 0.6) is 0 Å². The Labute approximate surface area is 159 Å². The number of pyridine rings is 1. The molecule has 0 bridgehead atoms. The molecule has 3 amide bonds. The van der Waals surface area contributed by atoms with E-state index in [1.54, 1.807) is 0 Å². The highest BCUT2D eigenvalue weighted by Crippen LogP contribution is 2.35. The van der Waals surface area contributed by atoms with Crippen LogP contribution in [0.25, 0.3) is 0 Å². The highest BCUT2D eigenvalue weighted by Gasteiger charge is 2.51. The average molecular weight is 367 g/mol. The van der Waals surface area contributed by atoms with Crippen LogP contribution in [-0.4, -0.2) is 35.6 Å². The Hall–Kier alpha value is -2.62. The molecule has 2 saturated heterocycles. The first kappa shape index (κ1) is 17.8. The van der Waals surface area contributed by atoms with Crippen molar-refractivity contribution in [2.24, 2.45) is 5.92 Å². The molecule has 2 N–H and O–H groups in total. The maximum atomic E-state index is 12.4. The van der Waals surface area contributed by atoms with Crippen molar-refractivity contribution in [1.29, 1.82) is 5.26 Å². The average Bonchev–Trinajstić information content (AvgIpc) is 3.01. The summed E-state index contributed by atoms with van der Waals surface area (Å²) < 4.78 is 0. The number of hydrogen-bond donors (Lipinski definition) is 2. The number of carbonyl (C=O) groups excluding carboxylic acids is 2. The zero-order chi connectivity index (χ0) is 19.0. The van der Waals surface area contributed by atoms with Gasteiger partial charge in [-0.05, 0) is 62.5 Å². The molecule has 1 aliphatic carbocycles. The molecule has 1 unspecified atom stereocenters. The number of nitrogens with one attached hydrogen (secondary N) is 2. The summed E-state index contributed by atoms with van der Waals surface area (Å²) in [4.78, 5) is 31.1. The summed E-state index contributed by atoms with van der Waals surface area (Å²) in [6, 6.07) is 3.93. The van der Waals surface area contributed by atoms with Gasteiger partial charge in [-0.3, -0.25) is 10.1 Å². The SMILES string of the molecule is CCC1(C2CCN(c3nc4c(cc3C#N)CCCC4)CC2)NC(=O)NC1=O. The second-order valence-corrected chi connectivity index (χ2v) is 7.78. The summed E-state index contributed by atoms with van der Waals surface area (Å²) >= 11 is 0. The number of rotatable bonds is 3. The first-order valence-electron chi connectivity index (χ1n) is 9.89. The number of fused-ring (bicyclic) bond motifs is 1. The topological polar surface area (TPSA) is 98.1 Å². The minimum absolute atomic E-state index is 0.0911. The molecule has 4 rings (SSSR count). The lowest BCUT2D eigenvalue weighted by atomic mass is 9.76. The molecule has 2 aliphatic heterocycles. The molecule has 0 saturated carbocycles. The van der Waals surface area contributed by atoms with Crippen LogP contribution in [0.2, 0.25) is 0 Å². The number of imide groups is 1. The molecule has 27 heavy (non-hydrogen) atoms. The molecule has 142 valence electrons. The third kappa shape index (κ3) is 2.93. The second kappa shape index (κ2) is 6.84. The van der Waals surface area contributed by atoms with Gasteiger partial charge in [-0.2, -0.15) is 5.26 Å². The van der Waals surface area contributed by atoms with E-state index in [-0.39, 0.29) is 11.8 Å². The maximum absolute atomic E-state index is 12.4. The maximum Gasteiger partial charge on any atom is 0.322 e. The van der Waals surface area contributed by atoms with Crippen LogP contribution >= 0.6 is 0 Å². The fraction of sp³-hybridized carbons (Fsp3) is 0.600. The molecule has 0 radical (unpaired) electrons. The molecule has 2 fully saturated rings. The van der Waals surface area contributed by atoms with Crippen molar-refractivity contribution in [2.75, 3.05) is 18.0 Å². The van der Waals surface area contributed by atoms with Crippen molar-refractivity contribution in [1.82, 2.24) is 15.6 Å². The van der Waals surface area contributed by atoms with E-state index in [1.807, 2.05) is 13.0 Å². The van der Waals surface area contributed by atoms with Gasteiger partial charge >= 0.3 is 6.03 Å². The van der Waals surface area contributed by atoms with Gasteiger partial charge in [-0.15, -0.1) is 0 Å². The fourth-order valence-electron chi connectivity index (χ4n) is 4.86. The zero-order valence-corrected chi connectivity index (χ0v) is 15.7. The highest BCUT2D eigenvalue weighted by atomic mass is 16.2. The quantitative estimate of drug-likeness (QED) is 0.797. The summed E-state index contributed by atoms with van der Waals surface area (Å²) in [6.45, 7) is 3.41. The standard InChI is InChI=1S/C20H25N5O2/c1-2-20(18(26)23-19(27)24-20)15-7-9-25(10-8-15)17-14(12-21)11-13-5-3-4-6-16(13)22-17/h11,15H,2-10H2,1H3,(H2,23,24,26,27). The Morgan fingerprint density at radius 3 is 2.67 bits per heavy atom. The first-order valence-corrected chi connectivity index (χ1v) is 9.89. The molecule has 3 heterocycles. The molecule has 0 aromatic carbocycles. The third-order valence-corrected chi connectivity index (χ3v) is 6.42. The largest absolute Gasteiger partial charge is 0.355 e. The minimum atomic E-state index is -0.801. The molecule has 7 nitrogen and oxygen atoms in total. The lowest BCUT2D eigenvalue weighted by Gasteiger charge is -2.41. The molecular weight excluding hydrogens is 342 g/mol. The van der Waals surface area contributed by atoms with Crippen molar-refractivity contribution in [3.8, 4) is 6.07 Å². The number of hydrogen-bond acceptors (Lipinski definition) is 5. The van der Waals surface area contributed by atoms with Crippen LogP contribution in [0.4, 0.5) is 10.6 Å². The summed E-state index contributed by atoms with van der Waals surface area (Å²) in [5.41, 5.74) is 2.19. The molecular formula is C20H25N5O2. The number of anilines is 1. The summed E-state index contributed by atoms with van der Waals surface area (Å²) in [6.07, 6.45) is 6.45. The van der Waals surface area contributed by atoms with Crippen LogP contribution in [-0.2, 0) is 17.6 Å². The monoisotopic (exact) mass is 367 g/mol. The van der Waals surface area contributed by atoms with E-state index < -0.39 is 11.6 Å². The van der Waals surface area contributed by atoms with E-state index in [4.69, 9.17) is 4.98 Å². The predicted octanol–water partition coefficient (Wildman–Crippen LogP) is 2.04. The molecule has 0 spiro atoms. The summed E-state index contributed by atoms with van der Waals surface area (Å²) in [5.74, 6) is 0.661. The van der Waals surface area contributed by atoms with E-state index >= 15 is 0 Å². The molecule has 1 atom stereocenters. The highest BCUT2D eigenvalue weighted by molar-refractivity contribution is 6.07. The third-order valence-electron chi connectivity index (χ3n) is 6.42. The van der Waals surface area contributed by atoms with Crippen LogP contribution in [0.1, 0.15) is 55.8 Å². The fourth-order valence-corrected chi connectivity index (χ4v) is 4.86. The van der Waals surface area contributed by atoms with Gasteiger partial charge in [0.1, 0.15) is 17.4 Å². The number of piperidine rings is 1. The van der Waals surface area contributed by atoms with Crippen LogP contribution < -0.4 is 15.5 Å². The normalized spacial score (nSPS) is 25.6. The second-order valence-electron chi connectivity index (χ2n) is 7.78. The number of aromatic nitrogens is 1. The number of carbonyl (C=O) groups is 2. The Kier molecular flexibility index (Phi) is 4.50. The number of amides is 3. The van der Waals surface area contributed by atoms with E-state index in [0.717, 1.165) is 63.1 Å². The van der Waals surface area contributed by atoms with Gasteiger partial charge in [0.2, 0.25) is 0 Å². The van der Waals surface area contributed by atoms with E-state index in [1.165, 1.54) is 5.56 Å². The Balaban J connectivity index is 1.54. The number of urea groups is 1. The van der Waals surface area contributed by atoms with E-state index in [9.17, 15) is 14.9 Å². The first-order chi connectivity index (χ1) is 13.1. The van der Waals surface area contributed by atoms with Gasteiger partial charge < -0.3 is 10.2 Å². The number of nitriles is 1. The van der Waals surface area contributed by atoms with Gasteiger partial charge in [0, 0.05) is 18.8 Å². The minimum Gasteiger partial charge on any atom is -0.355 e. The lowest BCUT2D eigenvalue weighted by Crippen LogP contribution is -2.55. The zero-order valence-electron chi connectivity index (χ0n) is 15.7. The van der Waals surface area contributed by atoms with Gasteiger partial charge in [0.15, 0.2) is 0 Å². The molecule has 7 heteroatoms. The summed E-state index contributed by atoms with van der Waals surface area (Å²) in [5, 5.41) is 14.9. The van der Waals surface area contributed by atoms with Crippen LogP contribution in [0, 0.1) is 17.2 Å².